The molecule has 0 radical (unpaired) electrons. The van der Waals surface area contributed by atoms with Gasteiger partial charge in [0.15, 0.2) is 5.78 Å². The molecular weight excluding hydrogens is 174 g/mol. The van der Waals surface area contributed by atoms with E-state index in [4.69, 9.17) is 0 Å². The molecule has 0 bridgehead atoms. The van der Waals surface area contributed by atoms with Crippen molar-refractivity contribution in [3.8, 4) is 0 Å². The summed E-state index contributed by atoms with van der Waals surface area (Å²) in [5.41, 5.74) is 0. The molecule has 1 aliphatic rings. The Morgan fingerprint density at radius 2 is 2.31 bits per heavy atom. The van der Waals surface area contributed by atoms with E-state index in [2.05, 4.69) is 10.1 Å². The highest BCUT2D eigenvalue weighted by Crippen LogP contribution is 2.13. The van der Waals surface area contributed by atoms with Crippen LogP contribution in [0.2, 0.25) is 0 Å². The summed E-state index contributed by atoms with van der Waals surface area (Å²) in [6, 6.07) is 0. The number of carbonyl (C=O) groups excluding carboxylic acids is 3. The monoisotopic (exact) mass is 185 g/mol. The van der Waals surface area contributed by atoms with E-state index in [0.717, 1.165) is 0 Å². The Balaban J connectivity index is 2.51. The molecule has 13 heavy (non-hydrogen) atoms. The molecule has 1 atom stereocenters. The molecule has 72 valence electrons. The third-order valence-electron chi connectivity index (χ3n) is 1.95. The third kappa shape index (κ3) is 2.54. The van der Waals surface area contributed by atoms with Crippen LogP contribution in [0.15, 0.2) is 0 Å². The average molecular weight is 185 g/mol. The largest absolute Gasteiger partial charge is 0.469 e. The Kier molecular flexibility index (Phi) is 3.00. The lowest BCUT2D eigenvalue weighted by Gasteiger charge is -2.19. The van der Waals surface area contributed by atoms with Crippen LogP contribution in [-0.4, -0.2) is 31.3 Å². The number of amides is 1. The molecule has 0 aliphatic carbocycles. The van der Waals surface area contributed by atoms with Crippen molar-refractivity contribution in [2.45, 2.75) is 12.8 Å². The second-order valence-corrected chi connectivity index (χ2v) is 2.94. The minimum Gasteiger partial charge on any atom is -0.469 e. The maximum atomic E-state index is 11.1. The van der Waals surface area contributed by atoms with Gasteiger partial charge in [0.1, 0.15) is 0 Å². The van der Waals surface area contributed by atoms with Gasteiger partial charge in [-0.05, 0) is 0 Å². The van der Waals surface area contributed by atoms with Crippen molar-refractivity contribution in [3.05, 3.63) is 0 Å². The number of ketones is 1. The van der Waals surface area contributed by atoms with Gasteiger partial charge >= 0.3 is 5.97 Å². The van der Waals surface area contributed by atoms with Gasteiger partial charge in [0.25, 0.3) is 0 Å². The van der Waals surface area contributed by atoms with Crippen molar-refractivity contribution in [1.29, 1.82) is 0 Å². The zero-order valence-electron chi connectivity index (χ0n) is 7.33. The Labute approximate surface area is 75.4 Å². The molecule has 0 saturated carbocycles. The smallest absolute Gasteiger partial charge is 0.306 e. The highest BCUT2D eigenvalue weighted by Gasteiger charge is 2.28. The predicted molar refractivity (Wildman–Crippen MR) is 42.8 cm³/mol. The number of methoxy groups -OCH3 is 1. The Hall–Kier alpha value is -1.39. The van der Waals surface area contributed by atoms with Crippen molar-refractivity contribution in [2.75, 3.05) is 13.7 Å². The highest BCUT2D eigenvalue weighted by molar-refractivity contribution is 5.95. The van der Waals surface area contributed by atoms with Crippen LogP contribution in [0.25, 0.3) is 0 Å². The number of Topliss-reactive ketones (excluding diaryl/α,β-unsaturated/α-hetero) is 1. The summed E-state index contributed by atoms with van der Waals surface area (Å²) in [5, 5.41) is 2.42. The lowest BCUT2D eigenvalue weighted by molar-refractivity contribution is -0.145. The maximum Gasteiger partial charge on any atom is 0.306 e. The summed E-state index contributed by atoms with van der Waals surface area (Å²) < 4.78 is 4.41. The molecule has 5 heteroatoms. The second-order valence-electron chi connectivity index (χ2n) is 2.94. The van der Waals surface area contributed by atoms with Crippen LogP contribution >= 0.6 is 0 Å². The van der Waals surface area contributed by atoms with E-state index in [1.54, 1.807) is 0 Å². The molecule has 0 aromatic heterocycles. The van der Waals surface area contributed by atoms with Crippen LogP contribution < -0.4 is 5.32 Å². The molecule has 1 amide bonds. The first kappa shape index (κ1) is 9.70. The zero-order valence-corrected chi connectivity index (χ0v) is 7.33. The normalized spacial score (nSPS) is 22.4. The van der Waals surface area contributed by atoms with Crippen molar-refractivity contribution in [2.24, 2.45) is 5.92 Å². The maximum absolute atomic E-state index is 11.1. The molecule has 0 aromatic rings. The lowest BCUT2D eigenvalue weighted by atomic mass is 9.94. The second kappa shape index (κ2) is 4.02. The first-order valence-corrected chi connectivity index (χ1v) is 3.99. The van der Waals surface area contributed by atoms with E-state index in [-0.39, 0.29) is 31.1 Å². The summed E-state index contributed by atoms with van der Waals surface area (Å²) in [5.74, 6) is -1.30. The molecule has 5 nitrogen and oxygen atoms in total. The fraction of sp³-hybridized carbons (Fsp3) is 0.625. The van der Waals surface area contributed by atoms with Crippen molar-refractivity contribution < 1.29 is 19.1 Å². The summed E-state index contributed by atoms with van der Waals surface area (Å²) in [4.78, 5) is 32.9. The number of carbonyl (C=O) groups is 3. The molecular formula is C8H11NO4. The van der Waals surface area contributed by atoms with E-state index >= 15 is 0 Å². The van der Waals surface area contributed by atoms with Crippen LogP contribution in [0.4, 0.5) is 0 Å². The third-order valence-corrected chi connectivity index (χ3v) is 1.95. The van der Waals surface area contributed by atoms with Crippen molar-refractivity contribution >= 4 is 17.7 Å². The molecule has 1 aliphatic heterocycles. The zero-order chi connectivity index (χ0) is 9.84. The first-order chi connectivity index (χ1) is 6.13. The number of hydrogen-bond donors (Lipinski definition) is 1. The lowest BCUT2D eigenvalue weighted by Crippen LogP contribution is -2.42. The predicted octanol–water partition coefficient (Wildman–Crippen LogP) is -0.745. The minimum absolute atomic E-state index is 0.0198. The molecule has 1 saturated heterocycles. The number of hydrogen-bond acceptors (Lipinski definition) is 4. The molecule has 1 N–H and O–H groups in total. The molecule has 1 fully saturated rings. The van der Waals surface area contributed by atoms with Gasteiger partial charge in [-0.25, -0.2) is 0 Å². The summed E-state index contributed by atoms with van der Waals surface area (Å²) >= 11 is 0. The summed E-state index contributed by atoms with van der Waals surface area (Å²) in [6.45, 7) is 0.0799. The van der Waals surface area contributed by atoms with E-state index in [1.807, 2.05) is 0 Å². The number of piperidine rings is 1. The Morgan fingerprint density at radius 1 is 1.62 bits per heavy atom. The molecule has 1 heterocycles. The van der Waals surface area contributed by atoms with Crippen LogP contribution in [0.1, 0.15) is 12.8 Å². The van der Waals surface area contributed by atoms with Crippen molar-refractivity contribution in [3.63, 3.8) is 0 Å². The number of esters is 1. The number of ether oxygens (including phenoxy) is 1. The highest BCUT2D eigenvalue weighted by atomic mass is 16.5. The topological polar surface area (TPSA) is 72.5 Å². The first-order valence-electron chi connectivity index (χ1n) is 3.99. The van der Waals surface area contributed by atoms with E-state index in [9.17, 15) is 14.4 Å². The van der Waals surface area contributed by atoms with Gasteiger partial charge in [-0.1, -0.05) is 0 Å². The summed E-state index contributed by atoms with van der Waals surface area (Å²) in [6.07, 6.45) is 0.120. The quantitative estimate of drug-likeness (QED) is 0.575. The van der Waals surface area contributed by atoms with Gasteiger partial charge in [0, 0.05) is 6.42 Å². The standard InChI is InChI=1S/C8H11NO4/c1-13-7(11)3-5-2-6(10)4-9-8(5)12/h5H,2-4H2,1H3,(H,9,12). The number of rotatable bonds is 2. The van der Waals surface area contributed by atoms with E-state index in [1.165, 1.54) is 7.11 Å². The summed E-state index contributed by atoms with van der Waals surface area (Å²) in [7, 11) is 1.25. The van der Waals surface area contributed by atoms with Gasteiger partial charge in [0.2, 0.25) is 5.91 Å². The fourth-order valence-electron chi connectivity index (χ4n) is 1.22. The van der Waals surface area contributed by atoms with Crippen LogP contribution in [-0.2, 0) is 19.1 Å². The van der Waals surface area contributed by atoms with Gasteiger partial charge in [-0.3, -0.25) is 14.4 Å². The van der Waals surface area contributed by atoms with Crippen LogP contribution in [0.5, 0.6) is 0 Å². The molecule has 0 spiro atoms. The van der Waals surface area contributed by atoms with Gasteiger partial charge in [-0.2, -0.15) is 0 Å². The SMILES string of the molecule is COC(=O)CC1CC(=O)CNC1=O. The Bertz CT molecular complexity index is 249. The molecule has 0 aromatic carbocycles. The molecule has 1 rings (SSSR count). The van der Waals surface area contributed by atoms with Gasteiger partial charge in [-0.15, -0.1) is 0 Å². The van der Waals surface area contributed by atoms with E-state index < -0.39 is 11.9 Å². The Morgan fingerprint density at radius 3 is 2.92 bits per heavy atom. The van der Waals surface area contributed by atoms with Crippen molar-refractivity contribution in [1.82, 2.24) is 5.32 Å². The van der Waals surface area contributed by atoms with Crippen LogP contribution in [0.3, 0.4) is 0 Å². The number of nitrogens with one attached hydrogen (secondary N) is 1. The average Bonchev–Trinajstić information content (AvgIpc) is 2.11. The minimum atomic E-state index is -0.548. The fourth-order valence-corrected chi connectivity index (χ4v) is 1.22. The molecule has 1 unspecified atom stereocenters. The van der Waals surface area contributed by atoms with Gasteiger partial charge in [0.05, 0.1) is 26.0 Å². The van der Waals surface area contributed by atoms with Gasteiger partial charge < -0.3 is 10.1 Å². The van der Waals surface area contributed by atoms with E-state index in [0.29, 0.717) is 0 Å². The van der Waals surface area contributed by atoms with Crippen LogP contribution in [0, 0.1) is 5.92 Å².